The van der Waals surface area contributed by atoms with E-state index in [2.05, 4.69) is 61.0 Å². The zero-order valence-electron chi connectivity index (χ0n) is 21.3. The molecule has 0 aliphatic heterocycles. The standard InChI is InChI=1S/C25H32N10/c1-7-9-12-17(8-2)23-32-33(6)24-20(21(25(3,4)5)31-35(23)24)29-30-22-18(15-26)16-28-34(22)19-13-10-11-14-27-19/h10-11,13-14,16-17H,7-9,12H2,1-6H3/b30-29+. The van der Waals surface area contributed by atoms with Gasteiger partial charge in [-0.05, 0) is 25.0 Å². The SMILES string of the molecule is CCCCC(CC)c1nn(C)c2c(/N=N/c3c(C#N)cnn3-c3ccccn3)c(C(C)(C)C)nn12. The molecule has 0 saturated carbocycles. The Hall–Kier alpha value is -3.87. The minimum absolute atomic E-state index is 0.276. The molecule has 4 rings (SSSR count). The van der Waals surface area contributed by atoms with Crippen LogP contribution < -0.4 is 0 Å². The molecule has 35 heavy (non-hydrogen) atoms. The molecule has 0 amide bonds. The van der Waals surface area contributed by atoms with Crippen LogP contribution in [0.5, 0.6) is 0 Å². The summed E-state index contributed by atoms with van der Waals surface area (Å²) in [4.78, 5) is 4.34. The lowest BCUT2D eigenvalue weighted by Gasteiger charge is -2.16. The topological polar surface area (TPSA) is 114 Å². The van der Waals surface area contributed by atoms with Crippen LogP contribution in [-0.2, 0) is 12.5 Å². The van der Waals surface area contributed by atoms with Crippen molar-refractivity contribution in [1.82, 2.24) is 34.2 Å². The molecule has 4 aromatic heterocycles. The highest BCUT2D eigenvalue weighted by Crippen LogP contribution is 2.38. The van der Waals surface area contributed by atoms with Gasteiger partial charge in [-0.1, -0.05) is 53.5 Å². The Kier molecular flexibility index (Phi) is 6.78. The number of unbranched alkanes of at least 4 members (excludes halogenated alkanes) is 1. The third-order valence-corrected chi connectivity index (χ3v) is 6.06. The second-order valence-electron chi connectivity index (χ2n) is 9.71. The highest BCUT2D eigenvalue weighted by molar-refractivity contribution is 5.69. The highest BCUT2D eigenvalue weighted by atomic mass is 15.5. The summed E-state index contributed by atoms with van der Waals surface area (Å²) in [6, 6.07) is 7.64. The molecular weight excluding hydrogens is 440 g/mol. The fourth-order valence-corrected chi connectivity index (χ4v) is 4.17. The molecule has 0 N–H and O–H groups in total. The summed E-state index contributed by atoms with van der Waals surface area (Å²) < 4.78 is 5.29. The van der Waals surface area contributed by atoms with Crippen molar-refractivity contribution in [1.29, 1.82) is 5.26 Å². The van der Waals surface area contributed by atoms with Gasteiger partial charge >= 0.3 is 0 Å². The van der Waals surface area contributed by atoms with Crippen LogP contribution in [0, 0.1) is 11.3 Å². The number of aryl methyl sites for hydroxylation is 1. The van der Waals surface area contributed by atoms with E-state index < -0.39 is 0 Å². The maximum Gasteiger partial charge on any atom is 0.197 e. The fourth-order valence-electron chi connectivity index (χ4n) is 4.17. The van der Waals surface area contributed by atoms with Gasteiger partial charge in [0.25, 0.3) is 0 Å². The molecule has 10 heteroatoms. The molecule has 182 valence electrons. The monoisotopic (exact) mass is 472 g/mol. The molecule has 0 bridgehead atoms. The summed E-state index contributed by atoms with van der Waals surface area (Å²) in [5, 5.41) is 33.0. The van der Waals surface area contributed by atoms with Gasteiger partial charge in [0, 0.05) is 24.6 Å². The molecular formula is C25H32N10. The quantitative estimate of drug-likeness (QED) is 0.295. The summed E-state index contributed by atoms with van der Waals surface area (Å²) >= 11 is 0. The Labute approximate surface area is 205 Å². The first-order valence-electron chi connectivity index (χ1n) is 12.1. The van der Waals surface area contributed by atoms with Crippen LogP contribution in [-0.4, -0.2) is 34.2 Å². The lowest BCUT2D eigenvalue weighted by Crippen LogP contribution is -2.13. The summed E-state index contributed by atoms with van der Waals surface area (Å²) in [6.45, 7) is 10.7. The number of nitriles is 1. The molecule has 10 nitrogen and oxygen atoms in total. The third-order valence-electron chi connectivity index (χ3n) is 6.06. The van der Waals surface area contributed by atoms with Crippen LogP contribution in [0.3, 0.4) is 0 Å². The van der Waals surface area contributed by atoms with Crippen LogP contribution in [0.15, 0.2) is 40.8 Å². The first-order valence-corrected chi connectivity index (χ1v) is 12.1. The minimum Gasteiger partial charge on any atom is -0.247 e. The number of fused-ring (bicyclic) bond motifs is 1. The largest absolute Gasteiger partial charge is 0.247 e. The Morgan fingerprint density at radius 2 is 1.94 bits per heavy atom. The summed E-state index contributed by atoms with van der Waals surface area (Å²) in [6.07, 6.45) is 7.48. The molecule has 1 atom stereocenters. The summed E-state index contributed by atoms with van der Waals surface area (Å²) in [5.41, 5.74) is 2.29. The number of hydrogen-bond acceptors (Lipinski definition) is 7. The van der Waals surface area contributed by atoms with Gasteiger partial charge in [0.15, 0.2) is 28.8 Å². The Bertz CT molecular complexity index is 1380. The van der Waals surface area contributed by atoms with E-state index in [1.54, 1.807) is 12.3 Å². The van der Waals surface area contributed by atoms with Crippen LogP contribution >= 0.6 is 0 Å². The lowest BCUT2D eigenvalue weighted by atomic mass is 9.91. The van der Waals surface area contributed by atoms with E-state index in [1.165, 1.54) is 10.9 Å². The van der Waals surface area contributed by atoms with Gasteiger partial charge < -0.3 is 0 Å². The van der Waals surface area contributed by atoms with Gasteiger partial charge in [-0.25, -0.2) is 9.67 Å². The zero-order valence-corrected chi connectivity index (χ0v) is 21.3. The van der Waals surface area contributed by atoms with Gasteiger partial charge in [-0.3, -0.25) is 0 Å². The van der Waals surface area contributed by atoms with Gasteiger partial charge in [0.05, 0.1) is 11.9 Å². The number of hydrogen-bond donors (Lipinski definition) is 0. The number of pyridine rings is 1. The lowest BCUT2D eigenvalue weighted by molar-refractivity contribution is 0.516. The van der Waals surface area contributed by atoms with E-state index in [9.17, 15) is 5.26 Å². The van der Waals surface area contributed by atoms with Gasteiger partial charge in [-0.2, -0.15) is 29.8 Å². The molecule has 1 unspecified atom stereocenters. The minimum atomic E-state index is -0.276. The fraction of sp³-hybridized carbons (Fsp3) is 0.480. The van der Waals surface area contributed by atoms with Gasteiger partial charge in [0.1, 0.15) is 11.6 Å². The molecule has 0 aliphatic rings. The van der Waals surface area contributed by atoms with Gasteiger partial charge in [0.2, 0.25) is 0 Å². The molecule has 0 aliphatic carbocycles. The van der Waals surface area contributed by atoms with Crippen molar-refractivity contribution >= 4 is 17.2 Å². The molecule has 0 aromatic carbocycles. The Morgan fingerprint density at radius 1 is 1.14 bits per heavy atom. The maximum atomic E-state index is 9.64. The Balaban J connectivity index is 1.88. The van der Waals surface area contributed by atoms with Crippen molar-refractivity contribution in [3.05, 3.63) is 47.7 Å². The van der Waals surface area contributed by atoms with Crippen LogP contribution in [0.1, 0.15) is 83.3 Å². The average Bonchev–Trinajstić information content (AvgIpc) is 3.52. The second kappa shape index (κ2) is 9.78. The molecule has 4 aromatic rings. The van der Waals surface area contributed by atoms with Crippen LogP contribution in [0.25, 0.3) is 11.5 Å². The number of aromatic nitrogens is 7. The van der Waals surface area contributed by atoms with Crippen LogP contribution in [0.4, 0.5) is 11.5 Å². The van der Waals surface area contributed by atoms with E-state index in [1.807, 2.05) is 28.4 Å². The predicted molar refractivity (Wildman–Crippen MR) is 133 cm³/mol. The summed E-state index contributed by atoms with van der Waals surface area (Å²) in [7, 11) is 1.91. The Morgan fingerprint density at radius 3 is 2.57 bits per heavy atom. The van der Waals surface area contributed by atoms with Crippen molar-refractivity contribution in [2.24, 2.45) is 17.3 Å². The molecule has 0 fully saturated rings. The molecule has 0 radical (unpaired) electrons. The molecule has 0 saturated heterocycles. The summed E-state index contributed by atoms with van der Waals surface area (Å²) in [5.74, 6) is 2.14. The number of azo groups is 1. The first-order chi connectivity index (χ1) is 16.8. The van der Waals surface area contributed by atoms with Crippen molar-refractivity contribution in [3.8, 4) is 11.9 Å². The van der Waals surface area contributed by atoms with Crippen molar-refractivity contribution in [3.63, 3.8) is 0 Å². The van der Waals surface area contributed by atoms with Crippen molar-refractivity contribution < 1.29 is 0 Å². The second-order valence-corrected chi connectivity index (χ2v) is 9.71. The highest BCUT2D eigenvalue weighted by Gasteiger charge is 2.30. The van der Waals surface area contributed by atoms with E-state index in [4.69, 9.17) is 10.2 Å². The van der Waals surface area contributed by atoms with E-state index in [-0.39, 0.29) is 5.41 Å². The smallest absolute Gasteiger partial charge is 0.197 e. The normalized spacial score (nSPS) is 13.1. The molecule has 0 spiro atoms. The average molecular weight is 473 g/mol. The first kappa shape index (κ1) is 24.3. The number of rotatable bonds is 8. The predicted octanol–water partition coefficient (Wildman–Crippen LogP) is 5.92. The van der Waals surface area contributed by atoms with Crippen molar-refractivity contribution in [2.75, 3.05) is 0 Å². The molecule has 4 heterocycles. The van der Waals surface area contributed by atoms with E-state index >= 15 is 0 Å². The maximum absolute atomic E-state index is 9.64. The third kappa shape index (κ3) is 4.58. The van der Waals surface area contributed by atoms with E-state index in [0.29, 0.717) is 28.8 Å². The van der Waals surface area contributed by atoms with Crippen molar-refractivity contribution in [2.45, 2.75) is 71.6 Å². The van der Waals surface area contributed by atoms with Gasteiger partial charge in [-0.15, -0.1) is 10.2 Å². The zero-order chi connectivity index (χ0) is 25.2. The number of nitrogens with zero attached hydrogens (tertiary/aromatic N) is 10. The van der Waals surface area contributed by atoms with E-state index in [0.717, 1.165) is 42.8 Å². The van der Waals surface area contributed by atoms with Crippen LogP contribution in [0.2, 0.25) is 0 Å².